The highest BCUT2D eigenvalue weighted by Gasteiger charge is 2.32. The normalized spacial score (nSPS) is 11.6. The molecule has 0 radical (unpaired) electrons. The Kier molecular flexibility index (Phi) is 6.03. The number of H-pyrrole nitrogens is 1. The number of aromatic amines is 1. The molecule has 0 aliphatic heterocycles. The van der Waals surface area contributed by atoms with Gasteiger partial charge in [0.25, 0.3) is 0 Å². The van der Waals surface area contributed by atoms with Gasteiger partial charge in [-0.15, -0.1) is 0 Å². The lowest BCUT2D eigenvalue weighted by atomic mass is 10.1. The first kappa shape index (κ1) is 23.3. The molecule has 1 N–H and O–H groups in total. The maximum Gasteiger partial charge on any atom is 0.416 e. The minimum atomic E-state index is -4.49. The van der Waals surface area contributed by atoms with E-state index in [9.17, 15) is 17.6 Å². The van der Waals surface area contributed by atoms with Crippen molar-refractivity contribution >= 4 is 28.4 Å². The van der Waals surface area contributed by atoms with E-state index in [0.717, 1.165) is 12.1 Å². The van der Waals surface area contributed by atoms with Gasteiger partial charge in [0.1, 0.15) is 28.3 Å². The summed E-state index contributed by atoms with van der Waals surface area (Å²) in [7, 11) is 4.74. The van der Waals surface area contributed by atoms with Crippen LogP contribution in [0.5, 0.6) is 5.75 Å². The van der Waals surface area contributed by atoms with Crippen molar-refractivity contribution in [3.8, 4) is 17.0 Å². The molecular weight excluding hydrogens is 452 g/mol. The fourth-order valence-electron chi connectivity index (χ4n) is 3.74. The zero-order valence-electron chi connectivity index (χ0n) is 18.9. The quantitative estimate of drug-likeness (QED) is 0.377. The van der Waals surface area contributed by atoms with Gasteiger partial charge < -0.3 is 14.5 Å². The molecule has 0 fully saturated rings. The third-order valence-corrected chi connectivity index (χ3v) is 5.35. The van der Waals surface area contributed by atoms with Gasteiger partial charge >= 0.3 is 6.18 Å². The van der Waals surface area contributed by atoms with Crippen LogP contribution in [0.15, 0.2) is 42.6 Å². The molecule has 0 bridgehead atoms. The number of benzene rings is 2. The number of anilines is 3. The smallest absolute Gasteiger partial charge is 0.416 e. The molecule has 178 valence electrons. The number of hydrogen-bond donors (Lipinski definition) is 1. The Morgan fingerprint density at radius 1 is 1.06 bits per heavy atom. The highest BCUT2D eigenvalue weighted by Crippen LogP contribution is 2.40. The van der Waals surface area contributed by atoms with Crippen LogP contribution in [0.4, 0.5) is 34.9 Å². The van der Waals surface area contributed by atoms with Crippen molar-refractivity contribution in [2.75, 3.05) is 37.5 Å². The minimum Gasteiger partial charge on any atom is -0.496 e. The van der Waals surface area contributed by atoms with Crippen molar-refractivity contribution in [2.45, 2.75) is 13.1 Å². The van der Waals surface area contributed by atoms with Crippen LogP contribution in [0.3, 0.4) is 0 Å². The first-order chi connectivity index (χ1) is 16.2. The van der Waals surface area contributed by atoms with Gasteiger partial charge in [0.2, 0.25) is 5.95 Å². The number of hydrogen-bond acceptors (Lipinski definition) is 6. The summed E-state index contributed by atoms with van der Waals surface area (Å²) < 4.78 is 60.3. The SMILES string of the molecule is CCN(c1nc(-c2c(F)cccc2OC)c2[nH]ncc2n1)c1ccc(C(F)(F)F)cc1N(C)C. The number of fused-ring (bicyclic) bond motifs is 1. The minimum absolute atomic E-state index is 0.124. The number of alkyl halides is 3. The van der Waals surface area contributed by atoms with E-state index in [0.29, 0.717) is 29.0 Å². The second-order valence-corrected chi connectivity index (χ2v) is 7.66. The van der Waals surface area contributed by atoms with Crippen LogP contribution in [0.2, 0.25) is 0 Å². The summed E-state index contributed by atoms with van der Waals surface area (Å²) >= 11 is 0. The number of ether oxygens (including phenoxy) is 1. The Labute approximate surface area is 193 Å². The molecule has 0 saturated carbocycles. The van der Waals surface area contributed by atoms with E-state index in [1.807, 2.05) is 6.92 Å². The molecule has 0 saturated heterocycles. The largest absolute Gasteiger partial charge is 0.496 e. The van der Waals surface area contributed by atoms with Gasteiger partial charge in [-0.2, -0.15) is 18.3 Å². The van der Waals surface area contributed by atoms with Crippen LogP contribution < -0.4 is 14.5 Å². The third-order valence-electron chi connectivity index (χ3n) is 5.35. The van der Waals surface area contributed by atoms with Crippen LogP contribution in [0.1, 0.15) is 12.5 Å². The predicted octanol–water partition coefficient (Wildman–Crippen LogP) is 5.41. The van der Waals surface area contributed by atoms with Crippen molar-refractivity contribution in [3.63, 3.8) is 0 Å². The molecule has 34 heavy (non-hydrogen) atoms. The zero-order chi connectivity index (χ0) is 24.6. The van der Waals surface area contributed by atoms with Crippen LogP contribution in [0.25, 0.3) is 22.3 Å². The maximum absolute atomic E-state index is 14.9. The lowest BCUT2D eigenvalue weighted by molar-refractivity contribution is -0.137. The van der Waals surface area contributed by atoms with Gasteiger partial charge in [-0.25, -0.2) is 14.4 Å². The van der Waals surface area contributed by atoms with Crippen LogP contribution in [0, 0.1) is 5.82 Å². The molecule has 11 heteroatoms. The summed E-state index contributed by atoms with van der Waals surface area (Å²) in [5.74, 6) is -0.0990. The van der Waals surface area contributed by atoms with E-state index in [1.54, 1.807) is 30.0 Å². The number of halogens is 4. The van der Waals surface area contributed by atoms with Crippen molar-refractivity contribution in [1.82, 2.24) is 20.2 Å². The van der Waals surface area contributed by atoms with E-state index < -0.39 is 17.6 Å². The van der Waals surface area contributed by atoms with E-state index in [4.69, 9.17) is 4.74 Å². The molecule has 0 unspecified atom stereocenters. The fourth-order valence-corrected chi connectivity index (χ4v) is 3.74. The maximum atomic E-state index is 14.9. The van der Waals surface area contributed by atoms with Gasteiger partial charge in [-0.3, -0.25) is 5.10 Å². The molecule has 4 aromatic rings. The lowest BCUT2D eigenvalue weighted by Gasteiger charge is -2.28. The van der Waals surface area contributed by atoms with E-state index >= 15 is 0 Å². The Balaban J connectivity index is 1.94. The number of aromatic nitrogens is 4. The second kappa shape index (κ2) is 8.81. The summed E-state index contributed by atoms with van der Waals surface area (Å²) in [5, 5.41) is 6.81. The van der Waals surface area contributed by atoms with Crippen molar-refractivity contribution in [2.24, 2.45) is 0 Å². The zero-order valence-corrected chi connectivity index (χ0v) is 18.9. The van der Waals surface area contributed by atoms with Gasteiger partial charge in [0.15, 0.2) is 0 Å². The van der Waals surface area contributed by atoms with Crippen molar-refractivity contribution in [3.05, 3.63) is 54.0 Å². The number of nitrogens with zero attached hydrogens (tertiary/aromatic N) is 5. The van der Waals surface area contributed by atoms with E-state index in [1.165, 1.54) is 31.5 Å². The molecule has 2 aromatic carbocycles. The summed E-state index contributed by atoms with van der Waals surface area (Å²) in [6, 6.07) is 7.90. The Hall–Kier alpha value is -3.89. The summed E-state index contributed by atoms with van der Waals surface area (Å²) in [5.41, 5.74) is 1.21. The Morgan fingerprint density at radius 3 is 2.47 bits per heavy atom. The van der Waals surface area contributed by atoms with E-state index in [2.05, 4.69) is 20.2 Å². The van der Waals surface area contributed by atoms with Gasteiger partial charge in [-0.05, 0) is 37.3 Å². The average molecular weight is 474 g/mol. The van der Waals surface area contributed by atoms with Gasteiger partial charge in [0, 0.05) is 20.6 Å². The number of nitrogens with one attached hydrogen (secondary N) is 1. The molecule has 4 rings (SSSR count). The molecule has 0 amide bonds. The van der Waals surface area contributed by atoms with Crippen LogP contribution in [-0.2, 0) is 6.18 Å². The van der Waals surface area contributed by atoms with E-state index in [-0.39, 0.29) is 23.0 Å². The third kappa shape index (κ3) is 4.09. The molecular formula is C23H22F4N6O. The number of rotatable bonds is 6. The second-order valence-electron chi connectivity index (χ2n) is 7.66. The molecule has 7 nitrogen and oxygen atoms in total. The standard InChI is InChI=1S/C23H22F4N6O/c1-5-33(16-10-9-13(23(25,26)27)11-17(16)32(2)3)22-29-15-12-28-31-20(15)21(30-22)19-14(24)7-6-8-18(19)34-4/h6-12H,5H2,1-4H3,(H,28,31). The monoisotopic (exact) mass is 474 g/mol. The molecule has 0 aliphatic rings. The molecule has 0 spiro atoms. The van der Waals surface area contributed by atoms with Gasteiger partial charge in [-0.1, -0.05) is 6.07 Å². The average Bonchev–Trinajstić information content (AvgIpc) is 3.27. The molecule has 0 atom stereocenters. The first-order valence-corrected chi connectivity index (χ1v) is 10.4. The highest BCUT2D eigenvalue weighted by atomic mass is 19.4. The summed E-state index contributed by atoms with van der Waals surface area (Å²) in [4.78, 5) is 12.4. The topological polar surface area (TPSA) is 70.2 Å². The van der Waals surface area contributed by atoms with Crippen molar-refractivity contribution in [1.29, 1.82) is 0 Å². The molecule has 2 aromatic heterocycles. The molecule has 2 heterocycles. The van der Waals surface area contributed by atoms with Gasteiger partial charge in [0.05, 0.1) is 35.8 Å². The highest BCUT2D eigenvalue weighted by molar-refractivity contribution is 5.92. The lowest BCUT2D eigenvalue weighted by Crippen LogP contribution is -2.23. The Bertz CT molecular complexity index is 1340. The predicted molar refractivity (Wildman–Crippen MR) is 122 cm³/mol. The van der Waals surface area contributed by atoms with Crippen LogP contribution >= 0.6 is 0 Å². The fraction of sp³-hybridized carbons (Fsp3) is 0.261. The first-order valence-electron chi connectivity index (χ1n) is 10.4. The Morgan fingerprint density at radius 2 is 1.82 bits per heavy atom. The van der Waals surface area contributed by atoms with Crippen LogP contribution in [-0.4, -0.2) is 47.9 Å². The number of methoxy groups -OCH3 is 1. The summed E-state index contributed by atoms with van der Waals surface area (Å²) in [6.07, 6.45) is -3.01. The van der Waals surface area contributed by atoms with Crippen molar-refractivity contribution < 1.29 is 22.3 Å². The molecule has 0 aliphatic carbocycles. The summed E-state index contributed by atoms with van der Waals surface area (Å²) in [6.45, 7) is 2.16.